The molecule has 0 aliphatic rings. The Balaban J connectivity index is 1.53. The van der Waals surface area contributed by atoms with Gasteiger partial charge >= 0.3 is 0 Å². The predicted octanol–water partition coefficient (Wildman–Crippen LogP) is 3.14. The summed E-state index contributed by atoms with van der Waals surface area (Å²) in [6.07, 6.45) is 0. The number of hydrogen-bond acceptors (Lipinski definition) is 6. The number of hydrogen-bond donors (Lipinski definition) is 2. The van der Waals surface area contributed by atoms with Gasteiger partial charge in [0.15, 0.2) is 0 Å². The maximum Gasteiger partial charge on any atom is 0.294 e. The minimum atomic E-state index is -0.333. The van der Waals surface area contributed by atoms with Gasteiger partial charge in [-0.3, -0.25) is 14.5 Å². The third-order valence-corrected chi connectivity index (χ3v) is 4.85. The van der Waals surface area contributed by atoms with E-state index in [1.807, 2.05) is 42.2 Å². The lowest BCUT2D eigenvalue weighted by Crippen LogP contribution is -2.33. The number of furan rings is 1. The Morgan fingerprint density at radius 1 is 1.20 bits per heavy atom. The number of para-hydroxylation sites is 3. The molecule has 2 aromatic carbocycles. The highest BCUT2D eigenvalue weighted by Crippen LogP contribution is 2.25. The van der Waals surface area contributed by atoms with Crippen LogP contribution in [-0.2, 0) is 11.3 Å². The molecule has 0 saturated heterocycles. The number of nitrogens with one attached hydrogen (secondary N) is 2. The van der Waals surface area contributed by atoms with E-state index in [1.54, 1.807) is 25.3 Å². The van der Waals surface area contributed by atoms with Crippen LogP contribution in [0.1, 0.15) is 12.7 Å². The average Bonchev–Trinajstić information content (AvgIpc) is 3.13. The van der Waals surface area contributed by atoms with E-state index in [0.29, 0.717) is 41.5 Å². The Hall–Kier alpha value is -3.65. The van der Waals surface area contributed by atoms with E-state index in [9.17, 15) is 9.59 Å². The van der Waals surface area contributed by atoms with Crippen molar-refractivity contribution in [3.8, 4) is 5.75 Å². The maximum absolute atomic E-state index is 12.5. The Bertz CT molecular complexity index is 1260. The molecule has 0 saturated carbocycles. The molecule has 2 aromatic heterocycles. The van der Waals surface area contributed by atoms with Gasteiger partial charge in [0, 0.05) is 5.39 Å². The first kappa shape index (κ1) is 19.7. The number of anilines is 1. The van der Waals surface area contributed by atoms with E-state index in [0.717, 1.165) is 5.39 Å². The van der Waals surface area contributed by atoms with Crippen LogP contribution in [-0.4, -0.2) is 41.0 Å². The van der Waals surface area contributed by atoms with Gasteiger partial charge in [-0.1, -0.05) is 31.2 Å². The van der Waals surface area contributed by atoms with Crippen molar-refractivity contribution in [1.29, 1.82) is 0 Å². The highest BCUT2D eigenvalue weighted by atomic mass is 16.5. The predicted molar refractivity (Wildman–Crippen MR) is 115 cm³/mol. The molecule has 2 N–H and O–H groups in total. The molecule has 0 spiro atoms. The normalized spacial score (nSPS) is 11.3. The molecule has 0 fully saturated rings. The van der Waals surface area contributed by atoms with Gasteiger partial charge in [0.1, 0.15) is 22.7 Å². The van der Waals surface area contributed by atoms with Gasteiger partial charge in [-0.05, 0) is 30.8 Å². The summed E-state index contributed by atoms with van der Waals surface area (Å²) in [6.45, 7) is 3.01. The zero-order chi connectivity index (χ0) is 21.1. The van der Waals surface area contributed by atoms with Crippen LogP contribution >= 0.6 is 0 Å². The average molecular weight is 406 g/mol. The smallest absolute Gasteiger partial charge is 0.294 e. The van der Waals surface area contributed by atoms with E-state index >= 15 is 0 Å². The first-order valence-electron chi connectivity index (χ1n) is 9.64. The first-order chi connectivity index (χ1) is 14.6. The summed E-state index contributed by atoms with van der Waals surface area (Å²) in [6, 6.07) is 14.6. The van der Waals surface area contributed by atoms with Crippen molar-refractivity contribution < 1.29 is 13.9 Å². The Morgan fingerprint density at radius 2 is 1.97 bits per heavy atom. The highest BCUT2D eigenvalue weighted by Gasteiger charge is 2.16. The van der Waals surface area contributed by atoms with Crippen molar-refractivity contribution in [2.75, 3.05) is 25.5 Å². The molecular formula is C22H22N4O4. The van der Waals surface area contributed by atoms with Crippen molar-refractivity contribution in [3.63, 3.8) is 0 Å². The number of rotatable bonds is 7. The zero-order valence-electron chi connectivity index (χ0n) is 16.8. The molecule has 4 aromatic rings. The van der Waals surface area contributed by atoms with Crippen molar-refractivity contribution in [3.05, 3.63) is 64.7 Å². The molecule has 0 bridgehead atoms. The van der Waals surface area contributed by atoms with Crippen LogP contribution in [0.2, 0.25) is 0 Å². The van der Waals surface area contributed by atoms with Crippen LogP contribution in [0.5, 0.6) is 5.75 Å². The molecular weight excluding hydrogens is 384 g/mol. The number of aromatic amines is 1. The summed E-state index contributed by atoms with van der Waals surface area (Å²) in [5.74, 6) is 0.890. The minimum absolute atomic E-state index is 0.141. The van der Waals surface area contributed by atoms with Crippen LogP contribution < -0.4 is 15.6 Å². The van der Waals surface area contributed by atoms with E-state index in [1.165, 1.54) is 0 Å². The third-order valence-electron chi connectivity index (χ3n) is 4.85. The number of likely N-dealkylation sites (N-methyl/N-ethyl adjacent to an activating group) is 1. The van der Waals surface area contributed by atoms with E-state index in [-0.39, 0.29) is 23.6 Å². The van der Waals surface area contributed by atoms with Crippen LogP contribution in [0.15, 0.2) is 57.7 Å². The number of amides is 1. The molecule has 154 valence electrons. The van der Waals surface area contributed by atoms with Gasteiger partial charge in [0.25, 0.3) is 5.56 Å². The first-order valence-corrected chi connectivity index (χ1v) is 9.64. The number of nitrogens with zero attached hydrogens (tertiary/aromatic N) is 2. The molecule has 0 atom stereocenters. The molecule has 0 aliphatic heterocycles. The standard InChI is InChI=1S/C22H22N4O4/c1-3-26(13-19(27)23-15-9-5-7-11-17(15)29-2)12-18-24-20-14-8-4-6-10-16(14)30-21(20)22(28)25-18/h4-11H,3,12-13H2,1-2H3,(H,23,27)(H,24,25,28). The summed E-state index contributed by atoms with van der Waals surface area (Å²) in [5, 5.41) is 3.65. The van der Waals surface area contributed by atoms with Crippen LogP contribution in [0, 0.1) is 0 Å². The summed E-state index contributed by atoms with van der Waals surface area (Å²) < 4.78 is 10.9. The lowest BCUT2D eigenvalue weighted by Gasteiger charge is -2.19. The van der Waals surface area contributed by atoms with Crippen molar-refractivity contribution in [2.24, 2.45) is 0 Å². The number of H-pyrrole nitrogens is 1. The molecule has 0 radical (unpaired) electrons. The number of carbonyl (C=O) groups is 1. The van der Waals surface area contributed by atoms with E-state index < -0.39 is 0 Å². The quantitative estimate of drug-likeness (QED) is 0.489. The van der Waals surface area contributed by atoms with Crippen LogP contribution in [0.3, 0.4) is 0 Å². The number of ether oxygens (including phenoxy) is 1. The molecule has 8 heteroatoms. The molecule has 4 rings (SSSR count). The second-order valence-electron chi connectivity index (χ2n) is 6.84. The minimum Gasteiger partial charge on any atom is -0.495 e. The van der Waals surface area contributed by atoms with Gasteiger partial charge < -0.3 is 19.5 Å². The third kappa shape index (κ3) is 3.90. The summed E-state index contributed by atoms with van der Waals surface area (Å²) in [7, 11) is 1.56. The lowest BCUT2D eigenvalue weighted by atomic mass is 10.2. The second kappa shape index (κ2) is 8.38. The fraction of sp³-hybridized carbons (Fsp3) is 0.227. The number of methoxy groups -OCH3 is 1. The Labute approximate surface area is 172 Å². The lowest BCUT2D eigenvalue weighted by molar-refractivity contribution is -0.117. The van der Waals surface area contributed by atoms with Gasteiger partial charge in [0.05, 0.1) is 25.9 Å². The van der Waals surface area contributed by atoms with Gasteiger partial charge in [0.2, 0.25) is 11.5 Å². The zero-order valence-corrected chi connectivity index (χ0v) is 16.8. The monoisotopic (exact) mass is 406 g/mol. The Morgan fingerprint density at radius 3 is 2.77 bits per heavy atom. The summed E-state index contributed by atoms with van der Waals surface area (Å²) in [5.41, 5.74) is 1.63. The molecule has 1 amide bonds. The van der Waals surface area contributed by atoms with Crippen molar-refractivity contribution in [2.45, 2.75) is 13.5 Å². The molecule has 0 aliphatic carbocycles. The maximum atomic E-state index is 12.5. The fourth-order valence-electron chi connectivity index (χ4n) is 3.35. The van der Waals surface area contributed by atoms with Crippen LogP contribution in [0.4, 0.5) is 5.69 Å². The van der Waals surface area contributed by atoms with Gasteiger partial charge in [-0.2, -0.15) is 0 Å². The molecule has 8 nitrogen and oxygen atoms in total. The van der Waals surface area contributed by atoms with Gasteiger partial charge in [-0.25, -0.2) is 4.98 Å². The largest absolute Gasteiger partial charge is 0.495 e. The molecule has 2 heterocycles. The van der Waals surface area contributed by atoms with E-state index in [2.05, 4.69) is 15.3 Å². The Kier molecular flexibility index (Phi) is 5.49. The second-order valence-corrected chi connectivity index (χ2v) is 6.84. The summed E-state index contributed by atoms with van der Waals surface area (Å²) >= 11 is 0. The molecule has 30 heavy (non-hydrogen) atoms. The van der Waals surface area contributed by atoms with Gasteiger partial charge in [-0.15, -0.1) is 0 Å². The number of fused-ring (bicyclic) bond motifs is 3. The fourth-order valence-corrected chi connectivity index (χ4v) is 3.35. The van der Waals surface area contributed by atoms with Crippen LogP contribution in [0.25, 0.3) is 22.1 Å². The van der Waals surface area contributed by atoms with E-state index in [4.69, 9.17) is 9.15 Å². The SMILES string of the molecule is CCN(CC(=O)Nc1ccccc1OC)Cc1nc2c(oc3ccccc32)c(=O)[nH]1. The summed E-state index contributed by atoms with van der Waals surface area (Å²) in [4.78, 5) is 34.2. The molecule has 0 unspecified atom stereocenters. The highest BCUT2D eigenvalue weighted by molar-refractivity contribution is 6.01. The van der Waals surface area contributed by atoms with Crippen molar-refractivity contribution >= 4 is 33.7 Å². The number of benzene rings is 2. The number of aromatic nitrogens is 2. The number of carbonyl (C=O) groups excluding carboxylic acids is 1. The van der Waals surface area contributed by atoms with Crippen molar-refractivity contribution in [1.82, 2.24) is 14.9 Å². The topological polar surface area (TPSA) is 100 Å².